The first-order chi connectivity index (χ1) is 7.67. The Morgan fingerprint density at radius 1 is 1.38 bits per heavy atom. The third kappa shape index (κ3) is 3.38. The Kier molecular flexibility index (Phi) is 4.51. The third-order valence-electron chi connectivity index (χ3n) is 2.16. The zero-order chi connectivity index (χ0) is 12.0. The van der Waals surface area contributed by atoms with Gasteiger partial charge in [-0.25, -0.2) is 0 Å². The van der Waals surface area contributed by atoms with Gasteiger partial charge in [0.1, 0.15) is 5.75 Å². The van der Waals surface area contributed by atoms with Gasteiger partial charge < -0.3 is 10.1 Å². The van der Waals surface area contributed by atoms with Gasteiger partial charge >= 0.3 is 0 Å². The average Bonchev–Trinajstić information content (AvgIpc) is 2.35. The number of hydrogen-bond donors (Lipinski definition) is 1. The molecular weight excluding hydrogens is 206 g/mol. The molecule has 0 fully saturated rings. The first-order valence-electron chi connectivity index (χ1n) is 5.11. The van der Waals surface area contributed by atoms with Crippen LogP contribution in [-0.2, 0) is 16.1 Å². The summed E-state index contributed by atoms with van der Waals surface area (Å²) in [6, 6.07) is 7.33. The molecule has 0 saturated carbocycles. The third-order valence-corrected chi connectivity index (χ3v) is 2.16. The van der Waals surface area contributed by atoms with Gasteiger partial charge in [-0.05, 0) is 17.7 Å². The van der Waals surface area contributed by atoms with Gasteiger partial charge in [0, 0.05) is 13.0 Å². The summed E-state index contributed by atoms with van der Waals surface area (Å²) < 4.78 is 5.05. The second-order valence-electron chi connectivity index (χ2n) is 3.31. The zero-order valence-corrected chi connectivity index (χ0v) is 9.45. The van der Waals surface area contributed by atoms with E-state index in [4.69, 9.17) is 4.74 Å². The van der Waals surface area contributed by atoms with E-state index in [1.54, 1.807) is 14.0 Å². The van der Waals surface area contributed by atoms with E-state index in [2.05, 4.69) is 5.32 Å². The summed E-state index contributed by atoms with van der Waals surface area (Å²) in [5, 5.41) is 2.56. The van der Waals surface area contributed by atoms with Gasteiger partial charge in [0.05, 0.1) is 7.11 Å². The van der Waals surface area contributed by atoms with Crippen LogP contribution in [0.2, 0.25) is 0 Å². The van der Waals surface area contributed by atoms with Crippen molar-refractivity contribution in [1.82, 2.24) is 5.32 Å². The quantitative estimate of drug-likeness (QED) is 0.762. The number of carbonyl (C=O) groups is 2. The van der Waals surface area contributed by atoms with Crippen LogP contribution in [0, 0.1) is 0 Å². The summed E-state index contributed by atoms with van der Waals surface area (Å²) in [4.78, 5) is 22.2. The Morgan fingerprint density at radius 2 is 2.12 bits per heavy atom. The summed E-state index contributed by atoms with van der Waals surface area (Å²) in [5.41, 5.74) is 0.900. The monoisotopic (exact) mass is 221 g/mol. The van der Waals surface area contributed by atoms with E-state index >= 15 is 0 Å². The van der Waals surface area contributed by atoms with Gasteiger partial charge in [0.25, 0.3) is 5.91 Å². The Hall–Kier alpha value is -1.84. The van der Waals surface area contributed by atoms with Crippen LogP contribution in [0.4, 0.5) is 0 Å². The fourth-order valence-corrected chi connectivity index (χ4v) is 1.22. The predicted octanol–water partition coefficient (Wildman–Crippen LogP) is 1.29. The molecule has 16 heavy (non-hydrogen) atoms. The second-order valence-corrected chi connectivity index (χ2v) is 3.31. The Labute approximate surface area is 94.6 Å². The first-order valence-corrected chi connectivity index (χ1v) is 5.11. The number of amides is 1. The molecule has 0 aliphatic carbocycles. The molecule has 0 heterocycles. The fraction of sp³-hybridized carbons (Fsp3) is 0.333. The number of rotatable bonds is 5. The van der Waals surface area contributed by atoms with Gasteiger partial charge in [0.15, 0.2) is 0 Å². The van der Waals surface area contributed by atoms with Gasteiger partial charge in [-0.2, -0.15) is 0 Å². The molecule has 0 radical (unpaired) electrons. The highest BCUT2D eigenvalue weighted by Crippen LogP contribution is 2.11. The first kappa shape index (κ1) is 12.2. The molecule has 1 N–H and O–H groups in total. The zero-order valence-electron chi connectivity index (χ0n) is 9.45. The van der Waals surface area contributed by atoms with Crippen molar-refractivity contribution in [2.24, 2.45) is 0 Å². The molecule has 1 aromatic carbocycles. The molecule has 0 aromatic heterocycles. The molecule has 1 aromatic rings. The van der Waals surface area contributed by atoms with Crippen LogP contribution < -0.4 is 10.1 Å². The molecule has 0 aliphatic rings. The largest absolute Gasteiger partial charge is 0.497 e. The summed E-state index contributed by atoms with van der Waals surface area (Å²) in [5.74, 6) is -0.207. The van der Waals surface area contributed by atoms with Crippen molar-refractivity contribution in [3.63, 3.8) is 0 Å². The number of Topliss-reactive ketones (excluding diaryl/α,β-unsaturated/α-hetero) is 1. The van der Waals surface area contributed by atoms with E-state index in [0.29, 0.717) is 6.54 Å². The van der Waals surface area contributed by atoms with E-state index in [9.17, 15) is 9.59 Å². The molecule has 0 spiro atoms. The van der Waals surface area contributed by atoms with Gasteiger partial charge in [-0.3, -0.25) is 9.59 Å². The van der Waals surface area contributed by atoms with Crippen LogP contribution in [0.3, 0.4) is 0 Å². The Balaban J connectivity index is 2.54. The van der Waals surface area contributed by atoms with Crippen LogP contribution in [0.1, 0.15) is 18.9 Å². The highest BCUT2D eigenvalue weighted by atomic mass is 16.5. The Morgan fingerprint density at radius 3 is 2.75 bits per heavy atom. The lowest BCUT2D eigenvalue weighted by molar-refractivity contribution is -0.137. The molecule has 86 valence electrons. The smallest absolute Gasteiger partial charge is 0.287 e. The van der Waals surface area contributed by atoms with Crippen molar-refractivity contribution in [1.29, 1.82) is 0 Å². The maximum atomic E-state index is 11.2. The standard InChI is InChI=1S/C12H15NO3/c1-3-11(14)12(15)13-8-9-5-4-6-10(7-9)16-2/h4-7H,3,8H2,1-2H3,(H,13,15). The normalized spacial score (nSPS) is 9.62. The lowest BCUT2D eigenvalue weighted by Gasteiger charge is -2.05. The molecule has 0 aliphatic heterocycles. The van der Waals surface area contributed by atoms with Crippen molar-refractivity contribution < 1.29 is 14.3 Å². The van der Waals surface area contributed by atoms with Gasteiger partial charge in [-0.15, -0.1) is 0 Å². The van der Waals surface area contributed by atoms with Crippen LogP contribution in [0.5, 0.6) is 5.75 Å². The van der Waals surface area contributed by atoms with Crippen molar-refractivity contribution in [2.75, 3.05) is 7.11 Å². The summed E-state index contributed by atoms with van der Waals surface area (Å²) in [6.07, 6.45) is 0.226. The number of nitrogens with one attached hydrogen (secondary N) is 1. The molecule has 1 amide bonds. The highest BCUT2D eigenvalue weighted by molar-refractivity contribution is 6.35. The highest BCUT2D eigenvalue weighted by Gasteiger charge is 2.09. The molecule has 0 atom stereocenters. The number of ether oxygens (including phenoxy) is 1. The minimum atomic E-state index is -0.537. The van der Waals surface area contributed by atoms with E-state index < -0.39 is 11.7 Å². The summed E-state index contributed by atoms with van der Waals surface area (Å²) in [6.45, 7) is 2.00. The van der Waals surface area contributed by atoms with E-state index in [0.717, 1.165) is 11.3 Å². The van der Waals surface area contributed by atoms with Crippen molar-refractivity contribution in [3.8, 4) is 5.75 Å². The molecule has 4 nitrogen and oxygen atoms in total. The minimum absolute atomic E-state index is 0.226. The summed E-state index contributed by atoms with van der Waals surface area (Å²) >= 11 is 0. The predicted molar refractivity (Wildman–Crippen MR) is 60.1 cm³/mol. The second kappa shape index (κ2) is 5.90. The van der Waals surface area contributed by atoms with Crippen LogP contribution in [0.15, 0.2) is 24.3 Å². The van der Waals surface area contributed by atoms with Crippen LogP contribution in [-0.4, -0.2) is 18.8 Å². The molecule has 0 saturated heterocycles. The number of methoxy groups -OCH3 is 1. The fourth-order valence-electron chi connectivity index (χ4n) is 1.22. The van der Waals surface area contributed by atoms with E-state index in [1.165, 1.54) is 0 Å². The maximum absolute atomic E-state index is 11.2. The number of ketones is 1. The van der Waals surface area contributed by atoms with Crippen molar-refractivity contribution >= 4 is 11.7 Å². The number of benzene rings is 1. The molecule has 1 rings (SSSR count). The maximum Gasteiger partial charge on any atom is 0.287 e. The topological polar surface area (TPSA) is 55.4 Å². The van der Waals surface area contributed by atoms with Crippen molar-refractivity contribution in [3.05, 3.63) is 29.8 Å². The molecule has 4 heteroatoms. The number of hydrogen-bond acceptors (Lipinski definition) is 3. The van der Waals surface area contributed by atoms with Gasteiger partial charge in [-0.1, -0.05) is 19.1 Å². The van der Waals surface area contributed by atoms with Crippen molar-refractivity contribution in [2.45, 2.75) is 19.9 Å². The SMILES string of the molecule is CCC(=O)C(=O)NCc1cccc(OC)c1. The summed E-state index contributed by atoms with van der Waals surface area (Å²) in [7, 11) is 1.58. The van der Waals surface area contributed by atoms with E-state index in [1.807, 2.05) is 24.3 Å². The van der Waals surface area contributed by atoms with Crippen LogP contribution >= 0.6 is 0 Å². The minimum Gasteiger partial charge on any atom is -0.497 e. The number of carbonyl (C=O) groups excluding carboxylic acids is 2. The Bertz CT molecular complexity index is 388. The lowest BCUT2D eigenvalue weighted by Crippen LogP contribution is -2.29. The van der Waals surface area contributed by atoms with Crippen LogP contribution in [0.25, 0.3) is 0 Å². The van der Waals surface area contributed by atoms with Gasteiger partial charge in [0.2, 0.25) is 5.78 Å². The average molecular weight is 221 g/mol. The molecule has 0 unspecified atom stereocenters. The van der Waals surface area contributed by atoms with E-state index in [-0.39, 0.29) is 6.42 Å². The lowest BCUT2D eigenvalue weighted by atomic mass is 10.2. The molecule has 0 bridgehead atoms. The molecular formula is C12H15NO3.